The number of nitrogens with one attached hydrogen (secondary N) is 2. The van der Waals surface area contributed by atoms with Gasteiger partial charge in [0.15, 0.2) is 0 Å². The fourth-order valence-electron chi connectivity index (χ4n) is 3.32. The van der Waals surface area contributed by atoms with E-state index in [0.717, 1.165) is 16.5 Å². The van der Waals surface area contributed by atoms with Crippen molar-refractivity contribution in [3.8, 4) is 0 Å². The van der Waals surface area contributed by atoms with Gasteiger partial charge in [-0.15, -0.1) is 0 Å². The summed E-state index contributed by atoms with van der Waals surface area (Å²) in [6.07, 6.45) is 5.25. The number of ether oxygens (including phenoxy) is 1. The summed E-state index contributed by atoms with van der Waals surface area (Å²) in [5, 5.41) is 10.8. The smallest absolute Gasteiger partial charge is 0.408 e. The average molecular weight is 412 g/mol. The van der Waals surface area contributed by atoms with E-state index in [4.69, 9.17) is 4.74 Å². The molecule has 2 aromatic heterocycles. The molecule has 8 heteroatoms. The molecule has 160 valence electrons. The van der Waals surface area contributed by atoms with Gasteiger partial charge in [-0.25, -0.2) is 4.79 Å². The normalized spacial score (nSPS) is 12.5. The highest BCUT2D eigenvalue weighted by Gasteiger charge is 2.25. The fourth-order valence-corrected chi connectivity index (χ4v) is 3.32. The van der Waals surface area contributed by atoms with Gasteiger partial charge in [-0.1, -0.05) is 18.2 Å². The number of amides is 2. The average Bonchev–Trinajstić information content (AvgIpc) is 3.28. The zero-order valence-electron chi connectivity index (χ0n) is 17.9. The van der Waals surface area contributed by atoms with Gasteiger partial charge in [-0.2, -0.15) is 5.10 Å². The molecule has 2 amide bonds. The summed E-state index contributed by atoms with van der Waals surface area (Å²) in [4.78, 5) is 25.3. The van der Waals surface area contributed by atoms with E-state index >= 15 is 0 Å². The molecule has 1 atom stereocenters. The molecule has 0 aliphatic rings. The topological polar surface area (TPSA) is 90.2 Å². The van der Waals surface area contributed by atoms with Crippen LogP contribution < -0.4 is 10.6 Å². The van der Waals surface area contributed by atoms with Gasteiger partial charge in [0.1, 0.15) is 11.6 Å². The standard InChI is InChI=1S/C22H29N5O3/c1-22(2,3)30-21(29)25-18(20(28)23-11-13-27-12-7-10-24-27)14-16-15-26(4)19-9-6-5-8-17(16)19/h5-10,12,15,18H,11,13-14H2,1-4H3,(H,23,28)(H,25,29)/t18-/m1/s1. The summed E-state index contributed by atoms with van der Waals surface area (Å²) < 4.78 is 9.12. The molecule has 0 fully saturated rings. The Labute approximate surface area is 176 Å². The number of para-hydroxylation sites is 1. The van der Waals surface area contributed by atoms with E-state index in [1.54, 1.807) is 31.6 Å². The first kappa shape index (κ1) is 21.4. The van der Waals surface area contributed by atoms with E-state index in [1.165, 1.54) is 0 Å². The quantitative estimate of drug-likeness (QED) is 0.625. The third kappa shape index (κ3) is 5.62. The highest BCUT2D eigenvalue weighted by Crippen LogP contribution is 2.21. The van der Waals surface area contributed by atoms with Crippen LogP contribution in [-0.4, -0.2) is 44.5 Å². The van der Waals surface area contributed by atoms with Gasteiger partial charge in [0.2, 0.25) is 5.91 Å². The minimum atomic E-state index is -0.761. The first-order valence-electron chi connectivity index (χ1n) is 10.0. The second kappa shape index (κ2) is 9.02. The predicted molar refractivity (Wildman–Crippen MR) is 115 cm³/mol. The summed E-state index contributed by atoms with van der Waals surface area (Å²) in [7, 11) is 1.96. The number of alkyl carbamates (subject to hydrolysis) is 1. The zero-order valence-corrected chi connectivity index (χ0v) is 17.9. The van der Waals surface area contributed by atoms with Crippen LogP contribution in [0.3, 0.4) is 0 Å². The lowest BCUT2D eigenvalue weighted by atomic mass is 10.0. The molecule has 0 aliphatic carbocycles. The van der Waals surface area contributed by atoms with Gasteiger partial charge in [-0.3, -0.25) is 9.48 Å². The maximum absolute atomic E-state index is 12.9. The second-order valence-corrected chi connectivity index (χ2v) is 8.25. The van der Waals surface area contributed by atoms with Crippen molar-refractivity contribution >= 4 is 22.9 Å². The first-order chi connectivity index (χ1) is 14.2. The number of nitrogens with zero attached hydrogens (tertiary/aromatic N) is 3. The lowest BCUT2D eigenvalue weighted by Gasteiger charge is -2.23. The number of hydrogen-bond acceptors (Lipinski definition) is 4. The van der Waals surface area contributed by atoms with Crippen LogP contribution in [0.1, 0.15) is 26.3 Å². The van der Waals surface area contributed by atoms with Gasteiger partial charge < -0.3 is 19.9 Å². The molecular weight excluding hydrogens is 382 g/mol. The number of benzene rings is 1. The van der Waals surface area contributed by atoms with Crippen molar-refractivity contribution in [1.82, 2.24) is 25.0 Å². The van der Waals surface area contributed by atoms with Crippen LogP contribution in [0.2, 0.25) is 0 Å². The Morgan fingerprint density at radius 1 is 1.20 bits per heavy atom. The van der Waals surface area contributed by atoms with Crippen molar-refractivity contribution in [3.63, 3.8) is 0 Å². The maximum atomic E-state index is 12.9. The first-order valence-corrected chi connectivity index (χ1v) is 10.0. The van der Waals surface area contributed by atoms with Crippen LogP contribution >= 0.6 is 0 Å². The Morgan fingerprint density at radius 2 is 1.97 bits per heavy atom. The highest BCUT2D eigenvalue weighted by atomic mass is 16.6. The van der Waals surface area contributed by atoms with Crippen molar-refractivity contribution in [3.05, 3.63) is 54.5 Å². The predicted octanol–water partition coefficient (Wildman–Crippen LogP) is 2.63. The van der Waals surface area contributed by atoms with Crippen LogP contribution in [0.5, 0.6) is 0 Å². The number of fused-ring (bicyclic) bond motifs is 1. The van der Waals surface area contributed by atoms with Crippen LogP contribution in [0, 0.1) is 0 Å². The summed E-state index contributed by atoms with van der Waals surface area (Å²) in [5.41, 5.74) is 1.41. The van der Waals surface area contributed by atoms with Crippen molar-refractivity contribution in [2.45, 2.75) is 45.4 Å². The maximum Gasteiger partial charge on any atom is 0.408 e. The number of carbonyl (C=O) groups is 2. The van der Waals surface area contributed by atoms with Crippen molar-refractivity contribution < 1.29 is 14.3 Å². The fraction of sp³-hybridized carbons (Fsp3) is 0.409. The van der Waals surface area contributed by atoms with Crippen molar-refractivity contribution in [1.29, 1.82) is 0 Å². The summed E-state index contributed by atoms with van der Waals surface area (Å²) in [6.45, 7) is 6.32. The van der Waals surface area contributed by atoms with E-state index in [1.807, 2.05) is 54.3 Å². The highest BCUT2D eigenvalue weighted by molar-refractivity contribution is 5.88. The molecule has 8 nitrogen and oxygen atoms in total. The van der Waals surface area contributed by atoms with Crippen LogP contribution in [-0.2, 0) is 29.5 Å². The third-order valence-electron chi connectivity index (χ3n) is 4.61. The molecule has 30 heavy (non-hydrogen) atoms. The van der Waals surface area contributed by atoms with Crippen LogP contribution in [0.4, 0.5) is 4.79 Å². The Kier molecular flexibility index (Phi) is 6.44. The molecule has 3 aromatic rings. The lowest BCUT2D eigenvalue weighted by molar-refractivity contribution is -0.123. The Hall–Kier alpha value is -3.29. The molecule has 0 bridgehead atoms. The number of aryl methyl sites for hydroxylation is 1. The third-order valence-corrected chi connectivity index (χ3v) is 4.61. The summed E-state index contributed by atoms with van der Waals surface area (Å²) in [6, 6.07) is 9.05. The van der Waals surface area contributed by atoms with E-state index in [-0.39, 0.29) is 5.91 Å². The number of hydrogen-bond donors (Lipinski definition) is 2. The minimum Gasteiger partial charge on any atom is -0.444 e. The van der Waals surface area contributed by atoms with Crippen LogP contribution in [0.15, 0.2) is 48.9 Å². The van der Waals surface area contributed by atoms with Gasteiger partial charge in [0, 0.05) is 49.5 Å². The molecule has 2 heterocycles. The molecule has 0 unspecified atom stereocenters. The molecule has 0 aliphatic heterocycles. The molecular formula is C22H29N5O3. The van der Waals surface area contributed by atoms with E-state index in [2.05, 4.69) is 15.7 Å². The number of rotatable bonds is 7. The molecule has 0 saturated heterocycles. The lowest BCUT2D eigenvalue weighted by Crippen LogP contribution is -2.49. The van der Waals surface area contributed by atoms with E-state index in [9.17, 15) is 9.59 Å². The van der Waals surface area contributed by atoms with E-state index in [0.29, 0.717) is 19.5 Å². The van der Waals surface area contributed by atoms with Gasteiger partial charge >= 0.3 is 6.09 Å². The zero-order chi connectivity index (χ0) is 21.7. The van der Waals surface area contributed by atoms with Gasteiger partial charge in [-0.05, 0) is 38.5 Å². The van der Waals surface area contributed by atoms with Crippen molar-refractivity contribution in [2.24, 2.45) is 7.05 Å². The SMILES string of the molecule is Cn1cc(C[C@@H](NC(=O)OC(C)(C)C)C(=O)NCCn2cccn2)c2ccccc21. The Balaban J connectivity index is 1.73. The minimum absolute atomic E-state index is 0.263. The Morgan fingerprint density at radius 3 is 2.67 bits per heavy atom. The molecule has 2 N–H and O–H groups in total. The van der Waals surface area contributed by atoms with Gasteiger partial charge in [0.25, 0.3) is 0 Å². The summed E-state index contributed by atoms with van der Waals surface area (Å²) >= 11 is 0. The molecule has 1 aromatic carbocycles. The molecule has 0 radical (unpaired) electrons. The number of aromatic nitrogens is 3. The van der Waals surface area contributed by atoms with Crippen molar-refractivity contribution in [2.75, 3.05) is 6.54 Å². The monoisotopic (exact) mass is 411 g/mol. The largest absolute Gasteiger partial charge is 0.444 e. The van der Waals surface area contributed by atoms with Gasteiger partial charge in [0.05, 0.1) is 6.54 Å². The van der Waals surface area contributed by atoms with E-state index < -0.39 is 17.7 Å². The van der Waals surface area contributed by atoms with Crippen LogP contribution in [0.25, 0.3) is 10.9 Å². The number of carbonyl (C=O) groups excluding carboxylic acids is 2. The molecule has 0 spiro atoms. The molecule has 0 saturated carbocycles. The summed E-state index contributed by atoms with van der Waals surface area (Å²) in [5.74, 6) is -0.263. The second-order valence-electron chi connectivity index (χ2n) is 8.25. The molecule has 3 rings (SSSR count). The Bertz CT molecular complexity index is 1000.